The molecule has 0 aliphatic carbocycles. The minimum Gasteiger partial charge on any atom is -0.453 e. The highest BCUT2D eigenvalue weighted by atomic mass is 35.5. The van der Waals surface area contributed by atoms with Crippen LogP contribution in [0.2, 0.25) is 5.15 Å². The first-order chi connectivity index (χ1) is 28.0. The number of aromatic nitrogens is 4. The number of alkyl carbamates (subject to hydrolysis) is 2. The summed E-state index contributed by atoms with van der Waals surface area (Å²) in [4.78, 5) is 72.1. The molecule has 4 aromatic rings. The minimum absolute atomic E-state index is 0.0414. The standard InChI is InChI=1S/C44H57ClN8O6/c1-22(2)35(49-43(56)58-9)41(54)52-26(7)24(5)19-33(52)39-46-21-32(47-39)30-15-11-28(12-16-30)29-13-17-31(18-14-29)37-38(45)51-40(48-37)34-20-25(6)27(8)53(34)42(55)36(23(3)4)50-44(57)59-10/h11-18,21-27,33-36H,19-20H2,1-10H3,(H,46,47)(H,48,51)(H,49,56)(H,50,57)/t24-,25-,26+,27+,33+,34+,35+,36+/m1/s1. The van der Waals surface area contributed by atoms with Gasteiger partial charge in [-0.2, -0.15) is 0 Å². The first kappa shape index (κ1) is 43.2. The molecule has 4 amide bonds. The molecule has 2 aromatic carbocycles. The molecule has 0 bridgehead atoms. The molecule has 0 unspecified atom stereocenters. The third-order valence-electron chi connectivity index (χ3n) is 12.3. The van der Waals surface area contributed by atoms with E-state index in [1.807, 2.05) is 87.7 Å². The highest BCUT2D eigenvalue weighted by molar-refractivity contribution is 6.31. The van der Waals surface area contributed by atoms with E-state index in [1.54, 1.807) is 6.20 Å². The van der Waals surface area contributed by atoms with Gasteiger partial charge in [0.1, 0.15) is 34.6 Å². The molecule has 2 aliphatic rings. The van der Waals surface area contributed by atoms with Crippen molar-refractivity contribution >= 4 is 35.6 Å². The molecule has 4 N–H and O–H groups in total. The molecule has 0 spiro atoms. The van der Waals surface area contributed by atoms with Crippen molar-refractivity contribution in [3.63, 3.8) is 0 Å². The third kappa shape index (κ3) is 8.83. The maximum Gasteiger partial charge on any atom is 0.407 e. The summed E-state index contributed by atoms with van der Waals surface area (Å²) in [7, 11) is 2.57. The Morgan fingerprint density at radius 2 is 1.10 bits per heavy atom. The van der Waals surface area contributed by atoms with E-state index in [0.29, 0.717) is 28.9 Å². The quantitative estimate of drug-likeness (QED) is 0.117. The molecular weight excluding hydrogens is 772 g/mol. The number of nitrogens with one attached hydrogen (secondary N) is 4. The van der Waals surface area contributed by atoms with Gasteiger partial charge in [-0.15, -0.1) is 0 Å². The summed E-state index contributed by atoms with van der Waals surface area (Å²) in [6.45, 7) is 15.9. The molecule has 2 aromatic heterocycles. The maximum absolute atomic E-state index is 13.9. The Hall–Kier alpha value is -5.37. The van der Waals surface area contributed by atoms with Gasteiger partial charge in [0.2, 0.25) is 11.8 Å². The zero-order chi connectivity index (χ0) is 42.9. The van der Waals surface area contributed by atoms with E-state index >= 15 is 0 Å². The lowest BCUT2D eigenvalue weighted by molar-refractivity contribution is -0.138. The van der Waals surface area contributed by atoms with Gasteiger partial charge in [-0.05, 0) is 67.1 Å². The van der Waals surface area contributed by atoms with Crippen molar-refractivity contribution in [1.29, 1.82) is 0 Å². The highest BCUT2D eigenvalue weighted by Gasteiger charge is 2.46. The van der Waals surface area contributed by atoms with Crippen LogP contribution in [-0.2, 0) is 19.1 Å². The number of methoxy groups -OCH3 is 2. The predicted molar refractivity (Wildman–Crippen MR) is 226 cm³/mol. The van der Waals surface area contributed by atoms with Gasteiger partial charge in [-0.25, -0.2) is 19.6 Å². The van der Waals surface area contributed by atoms with E-state index in [9.17, 15) is 19.2 Å². The van der Waals surface area contributed by atoms with Gasteiger partial charge in [0, 0.05) is 17.6 Å². The SMILES string of the molecule is COC(=O)N[C@H](C(=O)N1[C@H](c2ncc(-c3ccc(-c4ccc(-c5nc([C@@H]6C[C@@H](C)[C@H](C)N6C(=O)[C@@H](NC(=O)OC)C(C)C)[nH]c5Cl)cc4)cc3)[nH]2)C[C@@H](C)[C@@H]1C)C(C)C. The summed E-state index contributed by atoms with van der Waals surface area (Å²) in [6, 6.07) is 14.0. The number of ether oxygens (including phenoxy) is 2. The molecule has 0 saturated carbocycles. The van der Waals surface area contributed by atoms with E-state index in [0.717, 1.165) is 34.4 Å². The monoisotopic (exact) mass is 828 g/mol. The number of carbonyl (C=O) groups is 4. The first-order valence-corrected chi connectivity index (χ1v) is 20.8. The van der Waals surface area contributed by atoms with Crippen molar-refractivity contribution < 1.29 is 28.7 Å². The van der Waals surface area contributed by atoms with Crippen LogP contribution in [0.1, 0.15) is 92.0 Å². The number of H-pyrrole nitrogens is 2. The zero-order valence-electron chi connectivity index (χ0n) is 35.5. The number of nitrogens with zero attached hydrogens (tertiary/aromatic N) is 4. The van der Waals surface area contributed by atoms with Crippen LogP contribution >= 0.6 is 11.6 Å². The van der Waals surface area contributed by atoms with Crippen molar-refractivity contribution in [3.05, 3.63) is 71.5 Å². The van der Waals surface area contributed by atoms with Crippen molar-refractivity contribution in [1.82, 2.24) is 40.4 Å². The predicted octanol–water partition coefficient (Wildman–Crippen LogP) is 8.14. The Bertz CT molecular complexity index is 2130. The largest absolute Gasteiger partial charge is 0.453 e. The summed E-state index contributed by atoms with van der Waals surface area (Å²) >= 11 is 6.78. The second kappa shape index (κ2) is 17.9. The van der Waals surface area contributed by atoms with Crippen LogP contribution in [0, 0.1) is 23.7 Å². The average Bonchev–Trinajstić information content (AvgIpc) is 4.00. The number of amides is 4. The highest BCUT2D eigenvalue weighted by Crippen LogP contribution is 2.42. The summed E-state index contributed by atoms with van der Waals surface area (Å²) in [6.07, 6.45) is 1.95. The number of rotatable bonds is 11. The lowest BCUT2D eigenvalue weighted by Crippen LogP contribution is -2.53. The van der Waals surface area contributed by atoms with E-state index in [4.69, 9.17) is 31.0 Å². The van der Waals surface area contributed by atoms with Crippen LogP contribution in [0.25, 0.3) is 33.6 Å². The fourth-order valence-electron chi connectivity index (χ4n) is 8.39. The zero-order valence-corrected chi connectivity index (χ0v) is 36.3. The fourth-order valence-corrected chi connectivity index (χ4v) is 8.64. The number of aromatic amines is 2. The molecule has 2 aliphatic heterocycles. The van der Waals surface area contributed by atoms with E-state index in [1.165, 1.54) is 14.2 Å². The van der Waals surface area contributed by atoms with Gasteiger partial charge < -0.3 is 39.9 Å². The Morgan fingerprint density at radius 1 is 0.678 bits per heavy atom. The molecule has 14 nitrogen and oxygen atoms in total. The van der Waals surface area contributed by atoms with Crippen LogP contribution in [0.4, 0.5) is 9.59 Å². The Balaban J connectivity index is 1.17. The van der Waals surface area contributed by atoms with Crippen LogP contribution in [0.5, 0.6) is 0 Å². The number of halogens is 1. The maximum atomic E-state index is 13.9. The van der Waals surface area contributed by atoms with Gasteiger partial charge in [0.05, 0.1) is 38.2 Å². The number of imidazole rings is 2. The smallest absolute Gasteiger partial charge is 0.407 e. The summed E-state index contributed by atoms with van der Waals surface area (Å²) in [5.74, 6) is 1.11. The van der Waals surface area contributed by atoms with Gasteiger partial charge in [-0.3, -0.25) is 9.59 Å². The Labute approximate surface area is 351 Å². The molecule has 316 valence electrons. The Morgan fingerprint density at radius 3 is 1.54 bits per heavy atom. The van der Waals surface area contributed by atoms with Gasteiger partial charge in [-0.1, -0.05) is 102 Å². The summed E-state index contributed by atoms with van der Waals surface area (Å²) in [5.41, 5.74) is 5.24. The number of hydrogen-bond donors (Lipinski definition) is 4. The third-order valence-corrected chi connectivity index (χ3v) is 12.5. The second-order valence-corrected chi connectivity index (χ2v) is 17.1. The van der Waals surface area contributed by atoms with Crippen molar-refractivity contribution in [2.45, 2.75) is 104 Å². The fraction of sp³-hybridized carbons (Fsp3) is 0.500. The first-order valence-electron chi connectivity index (χ1n) is 20.4. The number of likely N-dealkylation sites (tertiary alicyclic amines) is 2. The molecule has 2 fully saturated rings. The summed E-state index contributed by atoms with van der Waals surface area (Å²) in [5, 5.41) is 5.83. The van der Waals surface area contributed by atoms with E-state index in [-0.39, 0.29) is 59.7 Å². The molecule has 0 radical (unpaired) electrons. The Kier molecular flexibility index (Phi) is 13.1. The van der Waals surface area contributed by atoms with Crippen LogP contribution in [-0.4, -0.2) is 92.1 Å². The second-order valence-electron chi connectivity index (χ2n) is 16.8. The van der Waals surface area contributed by atoms with E-state index < -0.39 is 24.3 Å². The lowest BCUT2D eigenvalue weighted by atomic mass is 10.0. The lowest BCUT2D eigenvalue weighted by Gasteiger charge is -2.33. The molecule has 59 heavy (non-hydrogen) atoms. The van der Waals surface area contributed by atoms with Crippen LogP contribution < -0.4 is 10.6 Å². The van der Waals surface area contributed by atoms with Crippen molar-refractivity contribution in [2.24, 2.45) is 23.7 Å². The van der Waals surface area contributed by atoms with Crippen LogP contribution in [0.15, 0.2) is 54.7 Å². The number of carbonyl (C=O) groups excluding carboxylic acids is 4. The molecular formula is C44H57ClN8O6. The van der Waals surface area contributed by atoms with Crippen LogP contribution in [0.3, 0.4) is 0 Å². The molecule has 8 atom stereocenters. The topological polar surface area (TPSA) is 175 Å². The molecule has 6 rings (SSSR count). The van der Waals surface area contributed by atoms with Gasteiger partial charge in [0.15, 0.2) is 0 Å². The molecule has 15 heteroatoms. The van der Waals surface area contributed by atoms with E-state index in [2.05, 4.69) is 46.6 Å². The van der Waals surface area contributed by atoms with Crippen molar-refractivity contribution in [2.75, 3.05) is 14.2 Å². The summed E-state index contributed by atoms with van der Waals surface area (Å²) < 4.78 is 9.60. The van der Waals surface area contributed by atoms with Gasteiger partial charge >= 0.3 is 12.2 Å². The molecule has 2 saturated heterocycles. The van der Waals surface area contributed by atoms with Crippen molar-refractivity contribution in [3.8, 4) is 33.6 Å². The normalized spacial score (nSPS) is 22.7. The average molecular weight is 829 g/mol. The number of benzene rings is 2. The minimum atomic E-state index is -0.754. The van der Waals surface area contributed by atoms with Gasteiger partial charge in [0.25, 0.3) is 0 Å². The number of hydrogen-bond acceptors (Lipinski definition) is 8. The molecule has 4 heterocycles.